The molecule has 0 saturated carbocycles. The number of benzene rings is 2. The summed E-state index contributed by atoms with van der Waals surface area (Å²) in [6, 6.07) is 17.7. The number of rotatable bonds is 9. The summed E-state index contributed by atoms with van der Waals surface area (Å²) >= 11 is 1.31. The fourth-order valence-electron chi connectivity index (χ4n) is 20.8. The van der Waals surface area contributed by atoms with E-state index < -0.39 is 12.6 Å². The predicted molar refractivity (Wildman–Crippen MR) is 162 cm³/mol. The zero-order valence-corrected chi connectivity index (χ0v) is 25.4. The van der Waals surface area contributed by atoms with E-state index in [1.54, 1.807) is 11.6 Å². The summed E-state index contributed by atoms with van der Waals surface area (Å²) in [7, 11) is 0. The zero-order chi connectivity index (χ0) is 28.9. The number of anilines is 1. The normalized spacial score (nSPS) is 53.4. The molecule has 10 fully saturated rings. The van der Waals surface area contributed by atoms with Crippen LogP contribution in [-0.4, -0.2) is 34.4 Å². The number of hydrogen-bond donors (Lipinski definition) is 1. The van der Waals surface area contributed by atoms with Crippen LogP contribution in [0.3, 0.4) is 0 Å². The average molecular weight is 641 g/mol. The van der Waals surface area contributed by atoms with Gasteiger partial charge in [-0.25, -0.2) is 0 Å². The van der Waals surface area contributed by atoms with Crippen LogP contribution in [0, 0.1) is 12.3 Å². The van der Waals surface area contributed by atoms with Crippen molar-refractivity contribution < 1.29 is 20.5 Å². The van der Waals surface area contributed by atoms with Crippen LogP contribution in [0.25, 0.3) is 11.3 Å². The molecule has 4 aromatic rings. The third-order valence-electron chi connectivity index (χ3n) is 20.2. The number of carbonyl (C=O) groups is 2. The Kier molecular flexibility index (Phi) is 1.86. The van der Waals surface area contributed by atoms with Crippen LogP contribution in [0.1, 0.15) is 21.1 Å². The van der Waals surface area contributed by atoms with Gasteiger partial charge in [0, 0.05) is 0 Å². The maximum atomic E-state index is 14.9. The van der Waals surface area contributed by atoms with Crippen LogP contribution in [0.2, 0.25) is 47.7 Å². The van der Waals surface area contributed by atoms with E-state index in [1.807, 2.05) is 47.4 Å². The molecule has 2 amide bonds. The minimum absolute atomic E-state index is 0.0362. The van der Waals surface area contributed by atoms with E-state index in [1.165, 1.54) is 23.3 Å². The Bertz CT molecular complexity index is 2400. The van der Waals surface area contributed by atoms with Crippen molar-refractivity contribution in [1.82, 2.24) is 15.3 Å². The van der Waals surface area contributed by atoms with Gasteiger partial charge >= 0.3 is 249 Å². The molecule has 14 rings (SSSR count). The van der Waals surface area contributed by atoms with Gasteiger partial charge in [0.1, 0.15) is 0 Å². The average Bonchev–Trinajstić information content (AvgIpc) is 3.86. The van der Waals surface area contributed by atoms with Crippen molar-refractivity contribution in [3.8, 4) is 23.7 Å². The predicted octanol–water partition coefficient (Wildman–Crippen LogP) is 6.91. The van der Waals surface area contributed by atoms with Gasteiger partial charge in [-0.15, -0.1) is 0 Å². The Morgan fingerprint density at radius 3 is 2.27 bits per heavy atom. The quantitative estimate of drug-likeness (QED) is 0.159. The van der Waals surface area contributed by atoms with Gasteiger partial charge in [0.25, 0.3) is 0 Å². The molecule has 9 heteroatoms. The summed E-state index contributed by atoms with van der Waals surface area (Å²) in [4.78, 5) is 48.9. The number of nitrogens with one attached hydrogen (secondary N) is 1. The van der Waals surface area contributed by atoms with Crippen molar-refractivity contribution in [3.05, 3.63) is 88.8 Å². The monoisotopic (exact) mass is 640 g/mol. The Morgan fingerprint density at radius 1 is 1.02 bits per heavy atom. The van der Waals surface area contributed by atoms with E-state index in [2.05, 4.69) is 33.3 Å². The van der Waals surface area contributed by atoms with Crippen LogP contribution >= 0.6 is 11.3 Å². The molecule has 10 saturated heterocycles. The molecule has 12 heterocycles. The molecule has 2 aromatic heterocycles. The van der Waals surface area contributed by atoms with E-state index in [9.17, 15) is 9.59 Å². The van der Waals surface area contributed by atoms with Crippen molar-refractivity contribution in [2.24, 2.45) is 0 Å². The first-order valence-electron chi connectivity index (χ1n) is 15.6. The van der Waals surface area contributed by atoms with E-state index in [0.29, 0.717) is 23.0 Å². The van der Waals surface area contributed by atoms with Gasteiger partial charge in [-0.1, -0.05) is 0 Å². The Balaban J connectivity index is 0.936. The van der Waals surface area contributed by atoms with Crippen molar-refractivity contribution in [2.75, 3.05) is 11.4 Å². The van der Waals surface area contributed by atoms with Gasteiger partial charge in [0.05, 0.1) is 0 Å². The number of fused-ring (bicyclic) bond motifs is 10. The number of terminal acetylenes is 1. The number of nitrogens with zero attached hydrogens (tertiary/aromatic N) is 3. The first kappa shape index (κ1) is 21.9. The topological polar surface area (TPSA) is 88.3 Å². The summed E-state index contributed by atoms with van der Waals surface area (Å²) in [5.74, 6) is 3.08. The first-order chi connectivity index (χ1) is 21.3. The molecule has 10 aliphatic rings. The van der Waals surface area contributed by atoms with Crippen LogP contribution < -0.4 is 10.2 Å². The molecule has 5 unspecified atom stereocenters. The molecule has 1 N–H and O–H groups in total. The second-order valence-electron chi connectivity index (χ2n) is 16.9. The molecule has 5 atom stereocenters. The number of oxazole rings is 1. The summed E-state index contributed by atoms with van der Waals surface area (Å²) in [5.41, 5.74) is 3.15. The van der Waals surface area contributed by atoms with E-state index >= 15 is 0 Å². The van der Waals surface area contributed by atoms with Gasteiger partial charge in [-0.3, -0.25) is 0 Å². The SMILES string of the molecule is C#Cc1nc(C(=O)N(c2ccc(-c3cnco3)cc2)C(C(=O)NCCc2ccccc2)[C]23[CH]4[CH]5[CH]6[CH]2[Fe]56432789[CH]3[CH]2[CH]7[CH]8[CH]39)cs1. The standard InChI is InChI=1S/C30H23N4O3S.C5H5.Fe/c1-2-27-33-25(19-38-27)30(36)34(24-14-12-22(13-15-24)26-18-31-20-37-26)28(23-10-6-7-11-23)29(35)32-17-16-21-8-4-3-5-9-21;1-2-4-5-3-1;/h1,3-15,18-20,28H,16-17H2,(H,32,35);1-5H;. The van der Waals surface area contributed by atoms with E-state index in [4.69, 9.17) is 10.8 Å². The van der Waals surface area contributed by atoms with Gasteiger partial charge in [-0.2, -0.15) is 0 Å². The van der Waals surface area contributed by atoms with Crippen LogP contribution in [-0.2, 0) is 17.7 Å². The van der Waals surface area contributed by atoms with Crippen molar-refractivity contribution >= 4 is 28.8 Å². The Morgan fingerprint density at radius 2 is 1.73 bits per heavy atom. The van der Waals surface area contributed by atoms with E-state index in [-0.39, 0.29) is 16.1 Å². The second-order valence-corrected chi connectivity index (χ2v) is 41.4. The molecular weight excluding hydrogens is 612 g/mol. The van der Waals surface area contributed by atoms with Gasteiger partial charge in [-0.05, 0) is 0 Å². The van der Waals surface area contributed by atoms with E-state index in [0.717, 1.165) is 61.0 Å². The van der Waals surface area contributed by atoms with Gasteiger partial charge in [0.15, 0.2) is 0 Å². The van der Waals surface area contributed by atoms with Gasteiger partial charge < -0.3 is 0 Å². The fraction of sp³-hybridized carbons (Fsp3) is 0.371. The van der Waals surface area contributed by atoms with Crippen molar-refractivity contribution in [2.45, 2.75) is 60.1 Å². The molecule has 0 bridgehead atoms. The first-order valence-corrected chi connectivity index (χ1v) is 22.8. The number of thiazole rings is 1. The van der Waals surface area contributed by atoms with Crippen molar-refractivity contribution in [3.63, 3.8) is 0 Å². The molecule has 44 heavy (non-hydrogen) atoms. The second kappa shape index (κ2) is 3.73. The molecule has 0 radical (unpaired) electrons. The molecule has 1 spiro atoms. The summed E-state index contributed by atoms with van der Waals surface area (Å²) in [6.45, 7) is -3.36. The molecule has 7 nitrogen and oxygen atoms in total. The third kappa shape index (κ3) is 0.673. The molecular formula is C35H28FeN4O3S. The van der Waals surface area contributed by atoms with Gasteiger partial charge in [0.2, 0.25) is 0 Å². The Labute approximate surface area is 247 Å². The fourth-order valence-corrected chi connectivity index (χ4v) is 96.1. The summed E-state index contributed by atoms with van der Waals surface area (Å²) in [6.07, 6.45) is 9.54. The van der Waals surface area contributed by atoms with Crippen molar-refractivity contribution in [1.29, 1.82) is 0 Å². The summed E-state index contributed by atoms with van der Waals surface area (Å²) < 4.78 is 5.64. The Hall–Kier alpha value is -3.70. The zero-order valence-electron chi connectivity index (χ0n) is 23.5. The maximum absolute atomic E-state index is 14.9. The summed E-state index contributed by atoms with van der Waals surface area (Å²) in [5, 5.41) is 5.63. The molecule has 10 aliphatic heterocycles. The third-order valence-corrected chi connectivity index (χ3v) is 63.6. The number of aromatic nitrogens is 2. The molecule has 2 aromatic carbocycles. The minimum atomic E-state index is -3.91. The molecule has 0 aliphatic carbocycles. The number of carbonyl (C=O) groups excluding carboxylic acids is 2. The van der Waals surface area contributed by atoms with Crippen LogP contribution in [0.5, 0.6) is 0 Å². The number of amides is 2. The van der Waals surface area contributed by atoms with Crippen LogP contribution in [0.15, 0.2) is 77.0 Å². The number of hydrogen-bond acceptors (Lipinski definition) is 6. The van der Waals surface area contributed by atoms with Crippen LogP contribution in [0.4, 0.5) is 5.69 Å². The molecule has 220 valence electrons.